The second-order valence-electron chi connectivity index (χ2n) is 4.71. The van der Waals surface area contributed by atoms with Crippen molar-refractivity contribution in [2.24, 2.45) is 0 Å². The number of halogens is 1. The van der Waals surface area contributed by atoms with Gasteiger partial charge in [-0.05, 0) is 43.2 Å². The fourth-order valence-corrected chi connectivity index (χ4v) is 2.71. The summed E-state index contributed by atoms with van der Waals surface area (Å²) in [4.78, 5) is 7.89. The average Bonchev–Trinajstić information content (AvgIpc) is 2.76. The van der Waals surface area contributed by atoms with Gasteiger partial charge >= 0.3 is 0 Å². The van der Waals surface area contributed by atoms with Crippen LogP contribution in [0.25, 0.3) is 22.4 Å². The van der Waals surface area contributed by atoms with Gasteiger partial charge in [0, 0.05) is 10.0 Å². The highest BCUT2D eigenvalue weighted by Crippen LogP contribution is 2.28. The average molecular weight is 317 g/mol. The Morgan fingerprint density at radius 1 is 1.11 bits per heavy atom. The first-order valence-electron chi connectivity index (χ1n) is 6.00. The molecule has 0 atom stereocenters. The molecule has 0 unspecified atom stereocenters. The van der Waals surface area contributed by atoms with Crippen molar-refractivity contribution in [2.45, 2.75) is 13.8 Å². The first kappa shape index (κ1) is 12.2. The first-order chi connectivity index (χ1) is 9.04. The maximum atomic E-state index is 9.79. The Bertz CT molecular complexity index is 777. The lowest BCUT2D eigenvalue weighted by Crippen LogP contribution is -1.82. The molecule has 1 heterocycles. The van der Waals surface area contributed by atoms with Crippen LogP contribution in [0.2, 0.25) is 0 Å². The van der Waals surface area contributed by atoms with E-state index in [-0.39, 0.29) is 5.75 Å². The topological polar surface area (TPSA) is 48.9 Å². The number of phenolic OH excluding ortho intramolecular Hbond substituents is 1. The van der Waals surface area contributed by atoms with Gasteiger partial charge in [0.1, 0.15) is 11.6 Å². The van der Waals surface area contributed by atoms with E-state index >= 15 is 0 Å². The molecule has 0 bridgehead atoms. The van der Waals surface area contributed by atoms with Crippen LogP contribution < -0.4 is 0 Å². The molecule has 0 radical (unpaired) electrons. The number of benzene rings is 2. The number of nitrogens with one attached hydrogen (secondary N) is 1. The lowest BCUT2D eigenvalue weighted by Gasteiger charge is -2.00. The number of hydrogen-bond donors (Lipinski definition) is 2. The summed E-state index contributed by atoms with van der Waals surface area (Å²) in [7, 11) is 0. The third-order valence-corrected chi connectivity index (χ3v) is 3.68. The molecule has 3 nitrogen and oxygen atoms in total. The summed E-state index contributed by atoms with van der Waals surface area (Å²) in [5, 5.41) is 9.79. The molecule has 19 heavy (non-hydrogen) atoms. The molecule has 3 rings (SSSR count). The Balaban J connectivity index is 2.20. The number of aryl methyl sites for hydroxylation is 2. The Morgan fingerprint density at radius 2 is 1.89 bits per heavy atom. The number of aromatic amines is 1. The van der Waals surface area contributed by atoms with Gasteiger partial charge in [0.2, 0.25) is 0 Å². The van der Waals surface area contributed by atoms with E-state index in [1.54, 1.807) is 6.07 Å². The summed E-state index contributed by atoms with van der Waals surface area (Å²) in [5.74, 6) is 1.06. The second kappa shape index (κ2) is 4.38. The van der Waals surface area contributed by atoms with Crippen molar-refractivity contribution in [2.75, 3.05) is 0 Å². The zero-order valence-electron chi connectivity index (χ0n) is 10.7. The molecule has 0 fully saturated rings. The number of aromatic hydroxyl groups is 1. The SMILES string of the molecule is Cc1ccc(-c2nc3c(C)cc(Br)cc3[nH]2)cc1O. The van der Waals surface area contributed by atoms with Crippen LogP contribution in [0.4, 0.5) is 0 Å². The first-order valence-corrected chi connectivity index (χ1v) is 6.80. The summed E-state index contributed by atoms with van der Waals surface area (Å²) in [6, 6.07) is 9.63. The van der Waals surface area contributed by atoms with Gasteiger partial charge in [0.15, 0.2) is 0 Å². The van der Waals surface area contributed by atoms with Gasteiger partial charge in [0.25, 0.3) is 0 Å². The van der Waals surface area contributed by atoms with Crippen molar-refractivity contribution in [3.8, 4) is 17.1 Å². The summed E-state index contributed by atoms with van der Waals surface area (Å²) in [5.41, 5.74) is 4.80. The largest absolute Gasteiger partial charge is 0.508 e. The van der Waals surface area contributed by atoms with E-state index in [0.717, 1.165) is 38.0 Å². The number of rotatable bonds is 1. The molecule has 0 aliphatic rings. The fraction of sp³-hybridized carbons (Fsp3) is 0.133. The van der Waals surface area contributed by atoms with E-state index in [0.29, 0.717) is 0 Å². The molecule has 1 aromatic heterocycles. The van der Waals surface area contributed by atoms with Gasteiger partial charge in [-0.3, -0.25) is 0 Å². The third-order valence-electron chi connectivity index (χ3n) is 3.22. The molecular formula is C15H13BrN2O. The molecule has 0 spiro atoms. The number of nitrogens with zero attached hydrogens (tertiary/aromatic N) is 1. The Labute approximate surface area is 119 Å². The number of phenols is 1. The molecule has 3 aromatic rings. The highest BCUT2D eigenvalue weighted by Gasteiger charge is 2.09. The molecule has 2 aromatic carbocycles. The van der Waals surface area contributed by atoms with Crippen LogP contribution in [-0.2, 0) is 0 Å². The maximum Gasteiger partial charge on any atom is 0.138 e. The van der Waals surface area contributed by atoms with Crippen molar-refractivity contribution in [3.05, 3.63) is 45.9 Å². The highest BCUT2D eigenvalue weighted by molar-refractivity contribution is 9.10. The quantitative estimate of drug-likeness (QED) is 0.702. The predicted octanol–water partition coefficient (Wildman–Crippen LogP) is 4.31. The standard InChI is InChI=1S/C15H13BrN2O/c1-8-3-4-10(6-13(8)19)15-17-12-7-11(16)5-9(2)14(12)18-15/h3-7,19H,1-2H3,(H,17,18). The van der Waals surface area contributed by atoms with Gasteiger partial charge in [-0.2, -0.15) is 0 Å². The zero-order chi connectivity index (χ0) is 13.6. The van der Waals surface area contributed by atoms with Crippen LogP contribution >= 0.6 is 15.9 Å². The van der Waals surface area contributed by atoms with Crippen LogP contribution in [0, 0.1) is 13.8 Å². The fourth-order valence-electron chi connectivity index (χ4n) is 2.14. The summed E-state index contributed by atoms with van der Waals surface area (Å²) in [6.45, 7) is 3.91. The van der Waals surface area contributed by atoms with Gasteiger partial charge in [-0.15, -0.1) is 0 Å². The van der Waals surface area contributed by atoms with Crippen molar-refractivity contribution in [3.63, 3.8) is 0 Å². The predicted molar refractivity (Wildman–Crippen MR) is 80.4 cm³/mol. The molecule has 4 heteroatoms. The Hall–Kier alpha value is -1.81. The Kier molecular flexibility index (Phi) is 2.82. The molecule has 0 aliphatic carbocycles. The lowest BCUT2D eigenvalue weighted by molar-refractivity contribution is 0.471. The van der Waals surface area contributed by atoms with Gasteiger partial charge in [0.05, 0.1) is 11.0 Å². The van der Waals surface area contributed by atoms with Crippen molar-refractivity contribution >= 4 is 27.0 Å². The molecule has 0 aliphatic heterocycles. The van der Waals surface area contributed by atoms with Crippen LogP contribution in [0.3, 0.4) is 0 Å². The number of aromatic nitrogens is 2. The van der Waals surface area contributed by atoms with Gasteiger partial charge in [-0.1, -0.05) is 28.1 Å². The molecular weight excluding hydrogens is 304 g/mol. The van der Waals surface area contributed by atoms with E-state index in [9.17, 15) is 5.11 Å². The molecule has 0 amide bonds. The van der Waals surface area contributed by atoms with Crippen LogP contribution in [0.1, 0.15) is 11.1 Å². The Morgan fingerprint density at radius 3 is 2.63 bits per heavy atom. The number of H-pyrrole nitrogens is 1. The summed E-state index contributed by atoms with van der Waals surface area (Å²) >= 11 is 3.48. The van der Waals surface area contributed by atoms with Crippen molar-refractivity contribution in [1.29, 1.82) is 0 Å². The normalized spacial score (nSPS) is 11.1. The highest BCUT2D eigenvalue weighted by atomic mass is 79.9. The number of hydrogen-bond acceptors (Lipinski definition) is 2. The molecule has 96 valence electrons. The van der Waals surface area contributed by atoms with Crippen LogP contribution in [0.15, 0.2) is 34.8 Å². The van der Waals surface area contributed by atoms with Gasteiger partial charge in [-0.25, -0.2) is 4.98 Å². The number of imidazole rings is 1. The maximum absolute atomic E-state index is 9.79. The minimum atomic E-state index is 0.288. The summed E-state index contributed by atoms with van der Waals surface area (Å²) in [6.07, 6.45) is 0. The van der Waals surface area contributed by atoms with E-state index in [1.165, 1.54) is 0 Å². The summed E-state index contributed by atoms with van der Waals surface area (Å²) < 4.78 is 1.03. The van der Waals surface area contributed by atoms with E-state index < -0.39 is 0 Å². The molecule has 0 saturated carbocycles. The van der Waals surface area contributed by atoms with Crippen LogP contribution in [0.5, 0.6) is 5.75 Å². The lowest BCUT2D eigenvalue weighted by atomic mass is 10.1. The minimum Gasteiger partial charge on any atom is -0.508 e. The zero-order valence-corrected chi connectivity index (χ0v) is 12.2. The third kappa shape index (κ3) is 2.12. The monoisotopic (exact) mass is 316 g/mol. The number of fused-ring (bicyclic) bond motifs is 1. The van der Waals surface area contributed by atoms with E-state index in [2.05, 4.69) is 25.9 Å². The van der Waals surface area contributed by atoms with E-state index in [1.807, 2.05) is 38.1 Å². The smallest absolute Gasteiger partial charge is 0.138 e. The van der Waals surface area contributed by atoms with E-state index in [4.69, 9.17) is 0 Å². The van der Waals surface area contributed by atoms with Gasteiger partial charge < -0.3 is 10.1 Å². The van der Waals surface area contributed by atoms with Crippen molar-refractivity contribution in [1.82, 2.24) is 9.97 Å². The second-order valence-corrected chi connectivity index (χ2v) is 5.62. The molecule has 2 N–H and O–H groups in total. The van der Waals surface area contributed by atoms with Crippen LogP contribution in [-0.4, -0.2) is 15.1 Å². The minimum absolute atomic E-state index is 0.288. The molecule has 0 saturated heterocycles. The van der Waals surface area contributed by atoms with Crippen molar-refractivity contribution < 1.29 is 5.11 Å².